The Hall–Kier alpha value is -1.56. The van der Waals surface area contributed by atoms with E-state index >= 15 is 0 Å². The number of benzene rings is 2. The molecule has 184 valence electrons. The van der Waals surface area contributed by atoms with Gasteiger partial charge < -0.3 is 0 Å². The van der Waals surface area contributed by atoms with Crippen LogP contribution in [0.2, 0.25) is 0 Å². The monoisotopic (exact) mass is 696 g/mol. The van der Waals surface area contributed by atoms with E-state index in [1.807, 2.05) is 22.1 Å². The first-order chi connectivity index (χ1) is 16.1. The number of hydrogen-bond donors (Lipinski definition) is 0. The number of ether oxygens (including phenoxy) is 2. The summed E-state index contributed by atoms with van der Waals surface area (Å²) in [6.45, 7) is 17.3. The first-order valence-electron chi connectivity index (χ1n) is 11.2. The van der Waals surface area contributed by atoms with E-state index in [0.29, 0.717) is 13.2 Å². The second-order valence-electron chi connectivity index (χ2n) is 7.80. The number of aryl methyl sites for hydroxylation is 6. The molecule has 34 heavy (non-hydrogen) atoms. The predicted molar refractivity (Wildman–Crippen MR) is 144 cm³/mol. The molecule has 2 aromatic carbocycles. The summed E-state index contributed by atoms with van der Waals surface area (Å²) in [6, 6.07) is 8.80. The maximum atomic E-state index is 11.2. The van der Waals surface area contributed by atoms with Crippen LogP contribution in [0.15, 0.2) is 44.7 Å². The topological polar surface area (TPSA) is 52.6 Å². The van der Waals surface area contributed by atoms with Crippen LogP contribution < -0.4 is 7.22 Å². The molecule has 0 bridgehead atoms. The van der Waals surface area contributed by atoms with Crippen molar-refractivity contribution in [2.24, 2.45) is 0 Å². The molecule has 0 amide bonds. The zero-order chi connectivity index (χ0) is 25.7. The SMILES string of the molecule is CCOC(=O)/C=C\[Te]c1c(C)cc(C)cc1C.CCOC(=O)/C=C\[Te]c1c(C)cc(C)cc1C. The molecule has 0 spiro atoms. The van der Waals surface area contributed by atoms with Crippen molar-refractivity contribution in [3.8, 4) is 0 Å². The Balaban J connectivity index is 0.000000340. The molecule has 0 aliphatic heterocycles. The van der Waals surface area contributed by atoms with Crippen molar-refractivity contribution < 1.29 is 19.1 Å². The molecule has 2 aromatic rings. The summed E-state index contributed by atoms with van der Waals surface area (Å²) in [5.41, 5.74) is 7.92. The number of esters is 2. The Bertz CT molecular complexity index is 909. The number of rotatable bonds is 8. The number of hydrogen-bond acceptors (Lipinski definition) is 4. The molecule has 0 radical (unpaired) electrons. The second-order valence-corrected chi connectivity index (χ2v) is 13.0. The average Bonchev–Trinajstić information content (AvgIpc) is 2.72. The van der Waals surface area contributed by atoms with Crippen molar-refractivity contribution >= 4 is 61.0 Å². The van der Waals surface area contributed by atoms with Gasteiger partial charge in [-0.1, -0.05) is 0 Å². The summed E-state index contributed by atoms with van der Waals surface area (Å²) in [4.78, 5) is 22.3. The first-order valence-corrected chi connectivity index (χ1v) is 16.3. The van der Waals surface area contributed by atoms with Crippen LogP contribution in [-0.2, 0) is 19.1 Å². The summed E-state index contributed by atoms with van der Waals surface area (Å²) in [7, 11) is 0. The zero-order valence-corrected chi connectivity index (χ0v) is 26.1. The molecule has 0 aliphatic carbocycles. The van der Waals surface area contributed by atoms with E-state index in [2.05, 4.69) is 65.8 Å². The van der Waals surface area contributed by atoms with Crippen LogP contribution in [0.1, 0.15) is 47.2 Å². The van der Waals surface area contributed by atoms with Gasteiger partial charge in [0, 0.05) is 0 Å². The van der Waals surface area contributed by atoms with E-state index in [9.17, 15) is 9.59 Å². The van der Waals surface area contributed by atoms with Crippen molar-refractivity contribution in [1.82, 2.24) is 0 Å². The normalized spacial score (nSPS) is 10.8. The van der Waals surface area contributed by atoms with Gasteiger partial charge >= 0.3 is 227 Å². The second kappa shape index (κ2) is 16.2. The summed E-state index contributed by atoms with van der Waals surface area (Å²) in [5.74, 6) is -0.472. The molecule has 0 saturated carbocycles. The molecule has 0 aliphatic rings. The van der Waals surface area contributed by atoms with Gasteiger partial charge in [0.2, 0.25) is 0 Å². The van der Waals surface area contributed by atoms with Gasteiger partial charge in [0.15, 0.2) is 0 Å². The van der Waals surface area contributed by atoms with Gasteiger partial charge in [-0.05, 0) is 0 Å². The summed E-state index contributed by atoms with van der Waals surface area (Å²) >= 11 is -0.886. The zero-order valence-electron chi connectivity index (χ0n) is 21.5. The van der Waals surface area contributed by atoms with Crippen LogP contribution in [0, 0.1) is 41.5 Å². The third kappa shape index (κ3) is 11.2. The van der Waals surface area contributed by atoms with Gasteiger partial charge in [-0.25, -0.2) is 0 Å². The van der Waals surface area contributed by atoms with Crippen LogP contribution >= 0.6 is 0 Å². The third-order valence-electron chi connectivity index (χ3n) is 4.56. The molecule has 6 heteroatoms. The van der Waals surface area contributed by atoms with Gasteiger partial charge in [-0.2, -0.15) is 0 Å². The van der Waals surface area contributed by atoms with Crippen LogP contribution in [0.4, 0.5) is 0 Å². The Morgan fingerprint density at radius 1 is 0.647 bits per heavy atom. The van der Waals surface area contributed by atoms with E-state index in [-0.39, 0.29) is 11.9 Å². The third-order valence-corrected chi connectivity index (χ3v) is 11.1. The van der Waals surface area contributed by atoms with Gasteiger partial charge in [0.25, 0.3) is 0 Å². The first kappa shape index (κ1) is 30.5. The molecular formula is C28H36O4Te2. The van der Waals surface area contributed by atoms with Crippen molar-refractivity contribution in [3.63, 3.8) is 0 Å². The minimum absolute atomic E-state index is 0.236. The van der Waals surface area contributed by atoms with Crippen molar-refractivity contribution in [2.75, 3.05) is 13.2 Å². The molecule has 0 N–H and O–H groups in total. The maximum absolute atomic E-state index is 11.2. The standard InChI is InChI=1S/2C14H18O2Te/c2*1-5-16-13(15)6-7-17-14-11(3)8-10(2)9-12(14)4/h2*6-9H,5H2,1-4H3/b2*7-6-. The average molecular weight is 692 g/mol. The quantitative estimate of drug-likeness (QED) is 0.239. The van der Waals surface area contributed by atoms with Gasteiger partial charge in [-0.15, -0.1) is 0 Å². The van der Waals surface area contributed by atoms with Gasteiger partial charge in [-0.3, -0.25) is 0 Å². The number of carbonyl (C=O) groups is 2. The fourth-order valence-corrected chi connectivity index (χ4v) is 8.00. The molecule has 0 saturated heterocycles. The molecular weight excluding hydrogens is 656 g/mol. The molecule has 0 fully saturated rings. The van der Waals surface area contributed by atoms with Gasteiger partial charge in [0.05, 0.1) is 0 Å². The molecule has 0 unspecified atom stereocenters. The Kier molecular flexibility index (Phi) is 14.5. The number of carbonyl (C=O) groups excluding carboxylic acids is 2. The van der Waals surface area contributed by atoms with E-state index in [4.69, 9.17) is 9.47 Å². The Morgan fingerprint density at radius 3 is 1.21 bits per heavy atom. The van der Waals surface area contributed by atoms with E-state index < -0.39 is 41.8 Å². The molecule has 0 aromatic heterocycles. The molecule has 0 heterocycles. The van der Waals surface area contributed by atoms with Crippen LogP contribution in [0.3, 0.4) is 0 Å². The fraction of sp³-hybridized carbons (Fsp3) is 0.357. The van der Waals surface area contributed by atoms with Crippen molar-refractivity contribution in [2.45, 2.75) is 55.4 Å². The minimum atomic E-state index is -0.443. The summed E-state index contributed by atoms with van der Waals surface area (Å²) in [6.07, 6.45) is 3.12. The molecule has 4 nitrogen and oxygen atoms in total. The van der Waals surface area contributed by atoms with Crippen molar-refractivity contribution in [1.29, 1.82) is 0 Å². The Morgan fingerprint density at radius 2 is 0.941 bits per heavy atom. The van der Waals surface area contributed by atoms with Crippen LogP contribution in [0.5, 0.6) is 0 Å². The fourth-order valence-electron chi connectivity index (χ4n) is 3.40. The van der Waals surface area contributed by atoms with E-state index in [0.717, 1.165) is 0 Å². The van der Waals surface area contributed by atoms with Crippen molar-refractivity contribution in [3.05, 3.63) is 78.0 Å². The molecule has 0 atom stereocenters. The van der Waals surface area contributed by atoms with E-state index in [1.165, 1.54) is 40.6 Å². The van der Waals surface area contributed by atoms with Crippen LogP contribution in [0.25, 0.3) is 0 Å². The summed E-state index contributed by atoms with van der Waals surface area (Å²) in [5, 5.41) is 0. The Labute approximate surface area is 225 Å². The van der Waals surface area contributed by atoms with Gasteiger partial charge in [0.1, 0.15) is 0 Å². The predicted octanol–water partition coefficient (Wildman–Crippen LogP) is 4.04. The summed E-state index contributed by atoms with van der Waals surface area (Å²) < 4.78 is 16.5. The van der Waals surface area contributed by atoms with Crippen LogP contribution in [-0.4, -0.2) is 67.0 Å². The van der Waals surface area contributed by atoms with E-state index in [1.54, 1.807) is 12.2 Å². The molecule has 2 rings (SSSR count).